The summed E-state index contributed by atoms with van der Waals surface area (Å²) in [7, 11) is 1.23. The molecule has 1 aromatic rings. The fourth-order valence-electron chi connectivity index (χ4n) is 2.59. The Kier molecular flexibility index (Phi) is 4.73. The van der Waals surface area contributed by atoms with Crippen LogP contribution < -0.4 is 0 Å². The highest BCUT2D eigenvalue weighted by molar-refractivity contribution is 5.89. The van der Waals surface area contributed by atoms with E-state index in [0.717, 1.165) is 25.1 Å². The molecule has 0 spiro atoms. The summed E-state index contributed by atoms with van der Waals surface area (Å²) in [6.07, 6.45) is 0.652. The van der Waals surface area contributed by atoms with Crippen LogP contribution in [0.3, 0.4) is 0 Å². The van der Waals surface area contributed by atoms with E-state index in [-0.39, 0.29) is 17.6 Å². The standard InChI is InChI=1S/C15H20FNO3/c1-10(18)12-5-6-17(9-12)8-11-3-4-13(14(16)7-11)15(19)20-2/h3-4,7,10,12,18H,5-6,8-9H2,1-2H3. The van der Waals surface area contributed by atoms with E-state index in [0.29, 0.717) is 6.54 Å². The molecule has 1 heterocycles. The SMILES string of the molecule is COC(=O)c1ccc(CN2CCC(C(C)O)C2)cc1F. The molecule has 1 aliphatic rings. The van der Waals surface area contributed by atoms with Crippen molar-refractivity contribution in [2.75, 3.05) is 20.2 Å². The molecule has 1 N–H and O–H groups in total. The number of aliphatic hydroxyl groups excluding tert-OH is 1. The number of hydrogen-bond acceptors (Lipinski definition) is 4. The average molecular weight is 281 g/mol. The average Bonchev–Trinajstić information content (AvgIpc) is 2.87. The Balaban J connectivity index is 2.01. The molecule has 5 heteroatoms. The van der Waals surface area contributed by atoms with E-state index in [9.17, 15) is 14.3 Å². The molecule has 0 bridgehead atoms. The number of ether oxygens (including phenoxy) is 1. The summed E-state index contributed by atoms with van der Waals surface area (Å²) in [5.74, 6) is -0.931. The summed E-state index contributed by atoms with van der Waals surface area (Å²) in [4.78, 5) is 13.5. The van der Waals surface area contributed by atoms with Gasteiger partial charge in [0.15, 0.2) is 0 Å². The molecule has 4 nitrogen and oxygen atoms in total. The molecule has 0 saturated carbocycles. The molecule has 0 amide bonds. The summed E-state index contributed by atoms with van der Waals surface area (Å²) in [5, 5.41) is 9.57. The van der Waals surface area contributed by atoms with Gasteiger partial charge in [-0.1, -0.05) is 6.07 Å². The highest BCUT2D eigenvalue weighted by Gasteiger charge is 2.26. The summed E-state index contributed by atoms with van der Waals surface area (Å²) >= 11 is 0. The molecular formula is C15H20FNO3. The van der Waals surface area contributed by atoms with Crippen molar-refractivity contribution in [1.82, 2.24) is 4.90 Å². The van der Waals surface area contributed by atoms with Gasteiger partial charge in [0.2, 0.25) is 0 Å². The minimum absolute atomic E-state index is 0.0421. The lowest BCUT2D eigenvalue weighted by Gasteiger charge is -2.17. The number of aliphatic hydroxyl groups is 1. The van der Waals surface area contributed by atoms with Gasteiger partial charge in [0, 0.05) is 13.1 Å². The summed E-state index contributed by atoms with van der Waals surface area (Å²) in [6.45, 7) is 4.15. The van der Waals surface area contributed by atoms with Crippen molar-refractivity contribution in [3.63, 3.8) is 0 Å². The number of likely N-dealkylation sites (tertiary alicyclic amines) is 1. The summed E-state index contributed by atoms with van der Waals surface area (Å²) in [5.41, 5.74) is 0.779. The van der Waals surface area contributed by atoms with Crippen LogP contribution in [0, 0.1) is 11.7 Å². The zero-order chi connectivity index (χ0) is 14.7. The van der Waals surface area contributed by atoms with Gasteiger partial charge in [0.1, 0.15) is 5.82 Å². The first-order chi connectivity index (χ1) is 9.51. The zero-order valence-corrected chi connectivity index (χ0v) is 11.8. The lowest BCUT2D eigenvalue weighted by Crippen LogP contribution is -2.24. The van der Waals surface area contributed by atoms with E-state index in [1.54, 1.807) is 13.0 Å². The highest BCUT2D eigenvalue weighted by atomic mass is 19.1. The van der Waals surface area contributed by atoms with Gasteiger partial charge in [-0.05, 0) is 43.5 Å². The first-order valence-electron chi connectivity index (χ1n) is 6.78. The Morgan fingerprint density at radius 3 is 2.90 bits per heavy atom. The van der Waals surface area contributed by atoms with Gasteiger partial charge in [0.25, 0.3) is 0 Å². The minimum Gasteiger partial charge on any atom is -0.465 e. The van der Waals surface area contributed by atoms with Crippen molar-refractivity contribution < 1.29 is 19.0 Å². The van der Waals surface area contributed by atoms with Crippen LogP contribution in [0.4, 0.5) is 4.39 Å². The number of rotatable bonds is 4. The van der Waals surface area contributed by atoms with Crippen molar-refractivity contribution >= 4 is 5.97 Å². The number of carbonyl (C=O) groups excluding carboxylic acids is 1. The largest absolute Gasteiger partial charge is 0.465 e. The monoisotopic (exact) mass is 281 g/mol. The van der Waals surface area contributed by atoms with Gasteiger partial charge in [-0.25, -0.2) is 9.18 Å². The molecule has 2 unspecified atom stereocenters. The van der Waals surface area contributed by atoms with Crippen molar-refractivity contribution in [2.45, 2.75) is 26.0 Å². The van der Waals surface area contributed by atoms with Crippen LogP contribution in [-0.4, -0.2) is 42.3 Å². The molecule has 20 heavy (non-hydrogen) atoms. The summed E-state index contributed by atoms with van der Waals surface area (Å²) < 4.78 is 18.3. The highest BCUT2D eigenvalue weighted by Crippen LogP contribution is 2.22. The smallest absolute Gasteiger partial charge is 0.340 e. The van der Waals surface area contributed by atoms with Crippen molar-refractivity contribution in [3.05, 3.63) is 35.1 Å². The molecule has 1 saturated heterocycles. The predicted octanol–water partition coefficient (Wildman–Crippen LogP) is 1.81. The lowest BCUT2D eigenvalue weighted by molar-refractivity contribution is 0.0595. The van der Waals surface area contributed by atoms with Gasteiger partial charge in [0.05, 0.1) is 18.8 Å². The number of hydrogen-bond donors (Lipinski definition) is 1. The second-order valence-corrected chi connectivity index (χ2v) is 5.33. The second kappa shape index (κ2) is 6.33. The number of benzene rings is 1. The number of carbonyl (C=O) groups is 1. The molecule has 110 valence electrons. The first kappa shape index (κ1) is 14.9. The molecule has 1 aliphatic heterocycles. The summed E-state index contributed by atoms with van der Waals surface area (Å²) in [6, 6.07) is 4.58. The molecule has 1 fully saturated rings. The number of esters is 1. The van der Waals surface area contributed by atoms with Gasteiger partial charge in [-0.2, -0.15) is 0 Å². The van der Waals surface area contributed by atoms with E-state index in [4.69, 9.17) is 0 Å². The maximum absolute atomic E-state index is 13.8. The third-order valence-corrected chi connectivity index (χ3v) is 3.84. The Labute approximate surface area is 118 Å². The fraction of sp³-hybridized carbons (Fsp3) is 0.533. The molecule has 2 atom stereocenters. The van der Waals surface area contributed by atoms with E-state index in [1.807, 2.05) is 0 Å². The Bertz CT molecular complexity index is 490. The molecule has 0 radical (unpaired) electrons. The van der Waals surface area contributed by atoms with Crippen LogP contribution in [0.25, 0.3) is 0 Å². The second-order valence-electron chi connectivity index (χ2n) is 5.33. The van der Waals surface area contributed by atoms with Crippen LogP contribution in [0.1, 0.15) is 29.3 Å². The molecule has 0 aromatic heterocycles. The molecule has 0 aliphatic carbocycles. The third-order valence-electron chi connectivity index (χ3n) is 3.84. The normalized spacial score (nSPS) is 20.9. The maximum Gasteiger partial charge on any atom is 0.340 e. The lowest BCUT2D eigenvalue weighted by atomic mass is 10.0. The van der Waals surface area contributed by atoms with E-state index >= 15 is 0 Å². The number of methoxy groups -OCH3 is 1. The van der Waals surface area contributed by atoms with E-state index < -0.39 is 11.8 Å². The van der Waals surface area contributed by atoms with Crippen LogP contribution in [0.2, 0.25) is 0 Å². The van der Waals surface area contributed by atoms with Gasteiger partial charge >= 0.3 is 5.97 Å². The van der Waals surface area contributed by atoms with Crippen LogP contribution >= 0.6 is 0 Å². The molecule has 2 rings (SSSR count). The minimum atomic E-state index is -0.663. The Morgan fingerprint density at radius 1 is 1.60 bits per heavy atom. The zero-order valence-electron chi connectivity index (χ0n) is 11.8. The van der Waals surface area contributed by atoms with Crippen LogP contribution in [-0.2, 0) is 11.3 Å². The van der Waals surface area contributed by atoms with Crippen LogP contribution in [0.15, 0.2) is 18.2 Å². The van der Waals surface area contributed by atoms with Gasteiger partial charge < -0.3 is 9.84 Å². The predicted molar refractivity (Wildman–Crippen MR) is 72.8 cm³/mol. The Morgan fingerprint density at radius 2 is 2.35 bits per heavy atom. The number of nitrogens with zero attached hydrogens (tertiary/aromatic N) is 1. The van der Waals surface area contributed by atoms with Crippen molar-refractivity contribution in [2.24, 2.45) is 5.92 Å². The Hall–Kier alpha value is -1.46. The topological polar surface area (TPSA) is 49.8 Å². The van der Waals surface area contributed by atoms with Crippen molar-refractivity contribution in [3.8, 4) is 0 Å². The quantitative estimate of drug-likeness (QED) is 0.855. The first-order valence-corrected chi connectivity index (χ1v) is 6.78. The van der Waals surface area contributed by atoms with Crippen molar-refractivity contribution in [1.29, 1.82) is 0 Å². The fourth-order valence-corrected chi connectivity index (χ4v) is 2.59. The molecule has 1 aromatic carbocycles. The van der Waals surface area contributed by atoms with Crippen LogP contribution in [0.5, 0.6) is 0 Å². The number of halogens is 1. The third kappa shape index (κ3) is 3.35. The van der Waals surface area contributed by atoms with Gasteiger partial charge in [-0.15, -0.1) is 0 Å². The van der Waals surface area contributed by atoms with E-state index in [1.165, 1.54) is 19.2 Å². The van der Waals surface area contributed by atoms with Gasteiger partial charge in [-0.3, -0.25) is 4.90 Å². The van der Waals surface area contributed by atoms with E-state index in [2.05, 4.69) is 9.64 Å². The maximum atomic E-state index is 13.8. The molecular weight excluding hydrogens is 261 g/mol.